The molecule has 0 N–H and O–H groups in total. The zero-order chi connectivity index (χ0) is 19.3. The van der Waals surface area contributed by atoms with Crippen LogP contribution in [0.25, 0.3) is 5.70 Å². The van der Waals surface area contributed by atoms with Crippen LogP contribution in [-0.4, -0.2) is 50.1 Å². The van der Waals surface area contributed by atoms with Gasteiger partial charge in [0.2, 0.25) is 12.3 Å². The molecule has 1 unspecified atom stereocenters. The molecule has 4 rings (SSSR count). The van der Waals surface area contributed by atoms with Gasteiger partial charge in [0, 0.05) is 25.2 Å². The second-order valence-electron chi connectivity index (χ2n) is 6.61. The Labute approximate surface area is 164 Å². The molecular weight excluding hydrogens is 356 g/mol. The maximum Gasteiger partial charge on any atom is 0.214 e. The highest BCUT2D eigenvalue weighted by molar-refractivity contribution is 5.97. The summed E-state index contributed by atoms with van der Waals surface area (Å²) in [6.07, 6.45) is 3.26. The molecule has 1 atom stereocenters. The standard InChI is InChI=1S/C22H22N2O4/c1-23-22(27-14-17-13-26-20-8-4-5-9-21(20)28-17)12-19-18-7-3-2-6-16(18)10-11-24(19)15-25/h2-9,12,15,17H,10-11,13-14H2,1H3/b19-12-,23-22+. The number of carbonyl (C=O) groups excluding carboxylic acids is 1. The second-order valence-corrected chi connectivity index (χ2v) is 6.61. The molecule has 0 saturated heterocycles. The van der Waals surface area contributed by atoms with Crippen LogP contribution in [0.1, 0.15) is 11.1 Å². The molecule has 2 aliphatic heterocycles. The largest absolute Gasteiger partial charge is 0.486 e. The average molecular weight is 378 g/mol. The van der Waals surface area contributed by atoms with E-state index in [1.807, 2.05) is 48.5 Å². The molecule has 2 aromatic rings. The average Bonchev–Trinajstić information content (AvgIpc) is 2.76. The van der Waals surface area contributed by atoms with Crippen LogP contribution in [0.2, 0.25) is 0 Å². The molecule has 2 aliphatic rings. The lowest BCUT2D eigenvalue weighted by molar-refractivity contribution is -0.115. The van der Waals surface area contributed by atoms with Crippen LogP contribution in [-0.2, 0) is 16.0 Å². The summed E-state index contributed by atoms with van der Waals surface area (Å²) < 4.78 is 17.5. The first kappa shape index (κ1) is 18.1. The molecule has 2 heterocycles. The van der Waals surface area contributed by atoms with Crippen molar-refractivity contribution >= 4 is 18.0 Å². The molecule has 0 saturated carbocycles. The van der Waals surface area contributed by atoms with Crippen molar-refractivity contribution < 1.29 is 19.0 Å². The molecule has 6 heteroatoms. The van der Waals surface area contributed by atoms with Gasteiger partial charge in [-0.25, -0.2) is 0 Å². The van der Waals surface area contributed by atoms with Gasteiger partial charge in [-0.1, -0.05) is 36.4 Å². The number of amides is 1. The van der Waals surface area contributed by atoms with E-state index < -0.39 is 0 Å². The molecule has 1 amide bonds. The van der Waals surface area contributed by atoms with Crippen LogP contribution in [0.3, 0.4) is 0 Å². The highest BCUT2D eigenvalue weighted by atomic mass is 16.6. The first-order chi connectivity index (χ1) is 13.8. The molecule has 0 radical (unpaired) electrons. The summed E-state index contributed by atoms with van der Waals surface area (Å²) in [5, 5.41) is 0. The topological polar surface area (TPSA) is 60.4 Å². The van der Waals surface area contributed by atoms with Crippen LogP contribution in [0.4, 0.5) is 0 Å². The maximum absolute atomic E-state index is 11.5. The van der Waals surface area contributed by atoms with Gasteiger partial charge < -0.3 is 19.1 Å². The van der Waals surface area contributed by atoms with Crippen molar-refractivity contribution in [1.29, 1.82) is 0 Å². The first-order valence-electron chi connectivity index (χ1n) is 9.28. The van der Waals surface area contributed by atoms with Crippen molar-refractivity contribution in [2.24, 2.45) is 4.99 Å². The molecule has 0 aromatic heterocycles. The molecule has 6 nitrogen and oxygen atoms in total. The van der Waals surface area contributed by atoms with E-state index in [9.17, 15) is 4.79 Å². The highest BCUT2D eigenvalue weighted by Crippen LogP contribution is 2.31. The van der Waals surface area contributed by atoms with E-state index >= 15 is 0 Å². The Morgan fingerprint density at radius 1 is 1.21 bits per heavy atom. The lowest BCUT2D eigenvalue weighted by Gasteiger charge is -2.29. The van der Waals surface area contributed by atoms with Crippen molar-refractivity contribution in [2.45, 2.75) is 12.5 Å². The number of nitrogens with zero attached hydrogens (tertiary/aromatic N) is 2. The third-order valence-corrected chi connectivity index (χ3v) is 4.82. The summed E-state index contributed by atoms with van der Waals surface area (Å²) in [6, 6.07) is 15.6. The molecular formula is C22H22N2O4. The van der Waals surface area contributed by atoms with Gasteiger partial charge in [0.25, 0.3) is 0 Å². The number of hydrogen-bond acceptors (Lipinski definition) is 5. The van der Waals surface area contributed by atoms with Crippen molar-refractivity contribution in [3.8, 4) is 11.5 Å². The Hall–Kier alpha value is -3.28. The van der Waals surface area contributed by atoms with Gasteiger partial charge >= 0.3 is 0 Å². The Balaban J connectivity index is 1.48. The quantitative estimate of drug-likeness (QED) is 0.466. The lowest BCUT2D eigenvalue weighted by atomic mass is 9.96. The molecule has 2 aromatic carbocycles. The predicted molar refractivity (Wildman–Crippen MR) is 107 cm³/mol. The monoisotopic (exact) mass is 378 g/mol. The van der Waals surface area contributed by atoms with Gasteiger partial charge in [0.15, 0.2) is 17.6 Å². The van der Waals surface area contributed by atoms with Crippen LogP contribution < -0.4 is 9.47 Å². The number of para-hydroxylation sites is 2. The molecule has 0 bridgehead atoms. The Morgan fingerprint density at radius 2 is 2.00 bits per heavy atom. The SMILES string of the molecule is C/N=C(\C=C1\c2ccccc2CCN1C=O)OCC1COc2ccccc2O1. The van der Waals surface area contributed by atoms with Gasteiger partial charge in [-0.3, -0.25) is 9.79 Å². The summed E-state index contributed by atoms with van der Waals surface area (Å²) in [6.45, 7) is 1.35. The van der Waals surface area contributed by atoms with E-state index in [1.54, 1.807) is 11.9 Å². The van der Waals surface area contributed by atoms with Gasteiger partial charge in [-0.05, 0) is 24.1 Å². The minimum Gasteiger partial charge on any atom is -0.486 e. The van der Waals surface area contributed by atoms with Gasteiger partial charge in [-0.2, -0.15) is 0 Å². The first-order valence-corrected chi connectivity index (χ1v) is 9.28. The van der Waals surface area contributed by atoms with Gasteiger partial charge in [0.1, 0.15) is 13.2 Å². The predicted octanol–water partition coefficient (Wildman–Crippen LogP) is 2.93. The Kier molecular flexibility index (Phi) is 5.28. The molecule has 28 heavy (non-hydrogen) atoms. The van der Waals surface area contributed by atoms with E-state index in [-0.39, 0.29) is 6.10 Å². The van der Waals surface area contributed by atoms with E-state index in [0.29, 0.717) is 31.4 Å². The number of rotatable bonds is 4. The molecule has 0 spiro atoms. The summed E-state index contributed by atoms with van der Waals surface area (Å²) in [7, 11) is 1.67. The lowest BCUT2D eigenvalue weighted by Crippen LogP contribution is -2.34. The number of hydrogen-bond donors (Lipinski definition) is 0. The molecule has 144 valence electrons. The number of ether oxygens (including phenoxy) is 3. The second kappa shape index (κ2) is 8.17. The van der Waals surface area contributed by atoms with E-state index in [4.69, 9.17) is 14.2 Å². The van der Waals surface area contributed by atoms with Crippen molar-refractivity contribution in [3.05, 3.63) is 65.7 Å². The number of aliphatic imine (C=N–C) groups is 1. The minimum atomic E-state index is -0.231. The normalized spacial score (nSPS) is 19.9. The third-order valence-electron chi connectivity index (χ3n) is 4.82. The fourth-order valence-corrected chi connectivity index (χ4v) is 3.39. The van der Waals surface area contributed by atoms with E-state index in [2.05, 4.69) is 11.1 Å². The van der Waals surface area contributed by atoms with E-state index in [1.165, 1.54) is 5.56 Å². The fourth-order valence-electron chi connectivity index (χ4n) is 3.39. The van der Waals surface area contributed by atoms with Crippen molar-refractivity contribution in [3.63, 3.8) is 0 Å². The van der Waals surface area contributed by atoms with E-state index in [0.717, 1.165) is 29.8 Å². The van der Waals surface area contributed by atoms with Crippen LogP contribution in [0.15, 0.2) is 59.6 Å². The maximum atomic E-state index is 11.5. The summed E-state index contributed by atoms with van der Waals surface area (Å²) >= 11 is 0. The minimum absolute atomic E-state index is 0.231. The van der Waals surface area contributed by atoms with Crippen molar-refractivity contribution in [2.75, 3.05) is 26.8 Å². The smallest absolute Gasteiger partial charge is 0.214 e. The molecule has 0 aliphatic carbocycles. The number of fused-ring (bicyclic) bond motifs is 2. The zero-order valence-electron chi connectivity index (χ0n) is 15.7. The summed E-state index contributed by atoms with van der Waals surface area (Å²) in [5.41, 5.74) is 3.03. The van der Waals surface area contributed by atoms with Gasteiger partial charge in [0.05, 0.1) is 5.70 Å². The fraction of sp³-hybridized carbons (Fsp3) is 0.273. The number of benzene rings is 2. The molecule has 0 fully saturated rings. The third kappa shape index (κ3) is 3.71. The summed E-state index contributed by atoms with van der Waals surface area (Å²) in [5.74, 6) is 1.90. The zero-order valence-corrected chi connectivity index (χ0v) is 15.7. The Bertz CT molecular complexity index is 922. The number of carbonyl (C=O) groups is 1. The van der Waals surface area contributed by atoms with Crippen LogP contribution in [0, 0.1) is 0 Å². The van der Waals surface area contributed by atoms with Crippen LogP contribution in [0.5, 0.6) is 11.5 Å². The Morgan fingerprint density at radius 3 is 2.82 bits per heavy atom. The van der Waals surface area contributed by atoms with Gasteiger partial charge in [-0.15, -0.1) is 0 Å². The highest BCUT2D eigenvalue weighted by Gasteiger charge is 2.23. The van der Waals surface area contributed by atoms with Crippen molar-refractivity contribution in [1.82, 2.24) is 4.90 Å². The summed E-state index contributed by atoms with van der Waals surface area (Å²) in [4.78, 5) is 17.5. The van der Waals surface area contributed by atoms with Crippen LogP contribution >= 0.6 is 0 Å².